The molecule has 9 heteroatoms. The molecular weight excluding hydrogens is 256 g/mol. The number of morpholine rings is 1. The third kappa shape index (κ3) is 3.91. The summed E-state index contributed by atoms with van der Waals surface area (Å²) in [7, 11) is 0. The lowest BCUT2D eigenvalue weighted by molar-refractivity contribution is -0.141. The van der Waals surface area contributed by atoms with Crippen LogP contribution in [0.15, 0.2) is 10.9 Å². The fourth-order valence-electron chi connectivity index (χ4n) is 1.76. The molecular formula is C10H14N4O5. The zero-order valence-corrected chi connectivity index (χ0v) is 10.1. The van der Waals surface area contributed by atoms with E-state index in [1.807, 2.05) is 0 Å². The smallest absolute Gasteiger partial charge is 0.317 e. The minimum absolute atomic E-state index is 0.116. The average Bonchev–Trinajstić information content (AvgIpc) is 2.88. The van der Waals surface area contributed by atoms with Crippen molar-refractivity contribution in [3.05, 3.63) is 12.2 Å². The molecule has 0 aliphatic carbocycles. The molecule has 19 heavy (non-hydrogen) atoms. The van der Waals surface area contributed by atoms with E-state index in [1.54, 1.807) is 0 Å². The van der Waals surface area contributed by atoms with Crippen LogP contribution in [0.25, 0.3) is 0 Å². The normalized spacial score (nSPS) is 19.2. The number of nitrogens with one attached hydrogen (secondary N) is 1. The summed E-state index contributed by atoms with van der Waals surface area (Å²) in [5.41, 5.74) is 0. The first-order valence-corrected chi connectivity index (χ1v) is 5.76. The van der Waals surface area contributed by atoms with E-state index in [-0.39, 0.29) is 25.5 Å². The van der Waals surface area contributed by atoms with Gasteiger partial charge in [-0.05, 0) is 0 Å². The Morgan fingerprint density at radius 2 is 2.42 bits per heavy atom. The van der Waals surface area contributed by atoms with E-state index in [0.29, 0.717) is 19.0 Å². The molecule has 1 fully saturated rings. The van der Waals surface area contributed by atoms with Gasteiger partial charge in [-0.2, -0.15) is 4.98 Å². The van der Waals surface area contributed by atoms with Gasteiger partial charge in [-0.1, -0.05) is 5.16 Å². The molecule has 1 aliphatic rings. The van der Waals surface area contributed by atoms with Gasteiger partial charge >= 0.3 is 12.0 Å². The molecule has 0 saturated carbocycles. The van der Waals surface area contributed by atoms with Gasteiger partial charge in [0.05, 0.1) is 25.7 Å². The summed E-state index contributed by atoms with van der Waals surface area (Å²) in [4.78, 5) is 27.7. The Balaban J connectivity index is 1.79. The number of amides is 2. The van der Waals surface area contributed by atoms with E-state index in [0.717, 1.165) is 0 Å². The first-order chi connectivity index (χ1) is 9.15. The molecule has 2 amide bonds. The quantitative estimate of drug-likeness (QED) is 0.753. The molecule has 0 aromatic carbocycles. The summed E-state index contributed by atoms with van der Waals surface area (Å²) in [6.07, 6.45) is 0.593. The zero-order chi connectivity index (χ0) is 13.7. The Morgan fingerprint density at radius 3 is 3.11 bits per heavy atom. The number of hydrogen-bond acceptors (Lipinski definition) is 6. The Morgan fingerprint density at radius 1 is 1.58 bits per heavy atom. The van der Waals surface area contributed by atoms with Gasteiger partial charge in [0.15, 0.2) is 5.82 Å². The van der Waals surface area contributed by atoms with Gasteiger partial charge in [-0.3, -0.25) is 4.79 Å². The predicted molar refractivity (Wildman–Crippen MR) is 60.1 cm³/mol. The Bertz CT molecular complexity index is 435. The lowest BCUT2D eigenvalue weighted by Gasteiger charge is -2.32. The molecule has 1 aromatic rings. The van der Waals surface area contributed by atoms with Crippen molar-refractivity contribution < 1.29 is 24.0 Å². The molecule has 9 nitrogen and oxygen atoms in total. The maximum absolute atomic E-state index is 11.9. The van der Waals surface area contributed by atoms with Gasteiger partial charge in [0.25, 0.3) is 0 Å². The third-order valence-electron chi connectivity index (χ3n) is 2.63. The number of aromatic nitrogens is 2. The number of carboxylic acids is 1. The van der Waals surface area contributed by atoms with Crippen LogP contribution < -0.4 is 5.32 Å². The van der Waals surface area contributed by atoms with Crippen LogP contribution in [0.2, 0.25) is 0 Å². The minimum atomic E-state index is -0.945. The summed E-state index contributed by atoms with van der Waals surface area (Å²) in [6.45, 7) is 1.17. The first kappa shape index (κ1) is 13.3. The van der Waals surface area contributed by atoms with Crippen LogP contribution in [0.5, 0.6) is 0 Å². The number of hydrogen-bond donors (Lipinski definition) is 2. The number of urea groups is 1. The van der Waals surface area contributed by atoms with Crippen LogP contribution in [0.1, 0.15) is 12.2 Å². The molecule has 1 aromatic heterocycles. The molecule has 0 bridgehead atoms. The van der Waals surface area contributed by atoms with Crippen molar-refractivity contribution in [3.8, 4) is 0 Å². The molecule has 1 unspecified atom stereocenters. The number of carbonyl (C=O) groups is 2. The van der Waals surface area contributed by atoms with Crippen LogP contribution in [-0.2, 0) is 16.1 Å². The molecule has 0 spiro atoms. The van der Waals surface area contributed by atoms with Gasteiger partial charge in [0.2, 0.25) is 6.39 Å². The van der Waals surface area contributed by atoms with Crippen molar-refractivity contribution in [3.63, 3.8) is 0 Å². The fourth-order valence-corrected chi connectivity index (χ4v) is 1.76. The maximum Gasteiger partial charge on any atom is 0.317 e. The minimum Gasteiger partial charge on any atom is -0.481 e. The summed E-state index contributed by atoms with van der Waals surface area (Å²) in [6, 6.07) is -0.302. The summed E-state index contributed by atoms with van der Waals surface area (Å²) >= 11 is 0. The Kier molecular flexibility index (Phi) is 4.29. The highest BCUT2D eigenvalue weighted by Gasteiger charge is 2.25. The maximum atomic E-state index is 11.9. The number of ether oxygens (including phenoxy) is 1. The standard InChI is InChI=1S/C10H14N4O5/c15-9(16)3-7-5-14(1-2-18-7)10(17)11-4-8-12-6-19-13-8/h6-7H,1-5H2,(H,11,17)(H,15,16). The number of carbonyl (C=O) groups excluding carboxylic acids is 1. The molecule has 2 heterocycles. The van der Waals surface area contributed by atoms with E-state index >= 15 is 0 Å². The second-order valence-corrected chi connectivity index (χ2v) is 4.04. The van der Waals surface area contributed by atoms with Crippen LogP contribution in [-0.4, -0.2) is 57.9 Å². The Labute approximate surface area is 108 Å². The molecule has 0 radical (unpaired) electrons. The first-order valence-electron chi connectivity index (χ1n) is 5.76. The lowest BCUT2D eigenvalue weighted by atomic mass is 10.2. The topological polar surface area (TPSA) is 118 Å². The van der Waals surface area contributed by atoms with Crippen LogP contribution in [0, 0.1) is 0 Å². The summed E-state index contributed by atoms with van der Waals surface area (Å²) in [5.74, 6) is -0.567. The third-order valence-corrected chi connectivity index (χ3v) is 2.63. The summed E-state index contributed by atoms with van der Waals surface area (Å²) < 4.78 is 9.82. The van der Waals surface area contributed by atoms with Crippen LogP contribution >= 0.6 is 0 Å². The predicted octanol–water partition coefficient (Wildman–Crippen LogP) is -0.545. The molecule has 104 valence electrons. The monoisotopic (exact) mass is 270 g/mol. The van der Waals surface area contributed by atoms with E-state index in [4.69, 9.17) is 9.84 Å². The van der Waals surface area contributed by atoms with E-state index in [9.17, 15) is 9.59 Å². The molecule has 1 aliphatic heterocycles. The highest BCUT2D eigenvalue weighted by molar-refractivity contribution is 5.74. The molecule has 2 rings (SSSR count). The van der Waals surface area contributed by atoms with E-state index < -0.39 is 12.1 Å². The van der Waals surface area contributed by atoms with E-state index in [2.05, 4.69) is 20.0 Å². The number of nitrogens with zero attached hydrogens (tertiary/aromatic N) is 3. The molecule has 1 saturated heterocycles. The highest BCUT2D eigenvalue weighted by atomic mass is 16.5. The van der Waals surface area contributed by atoms with Crippen molar-refractivity contribution >= 4 is 12.0 Å². The SMILES string of the molecule is O=C(O)CC1CN(C(=O)NCc2ncon2)CCO1. The molecule has 2 N–H and O–H groups in total. The number of carboxylic acid groups (broad SMARTS) is 1. The average molecular weight is 270 g/mol. The van der Waals surface area contributed by atoms with Gasteiger partial charge in [-0.15, -0.1) is 0 Å². The van der Waals surface area contributed by atoms with Crippen LogP contribution in [0.4, 0.5) is 4.79 Å². The molecule has 1 atom stereocenters. The van der Waals surface area contributed by atoms with Crippen molar-refractivity contribution in [2.24, 2.45) is 0 Å². The van der Waals surface area contributed by atoms with Gasteiger partial charge in [-0.25, -0.2) is 4.79 Å². The van der Waals surface area contributed by atoms with Crippen molar-refractivity contribution in [1.29, 1.82) is 0 Å². The second-order valence-electron chi connectivity index (χ2n) is 4.04. The van der Waals surface area contributed by atoms with Gasteiger partial charge in [0.1, 0.15) is 0 Å². The summed E-state index contributed by atoms with van der Waals surface area (Å²) in [5, 5.41) is 14.9. The van der Waals surface area contributed by atoms with Gasteiger partial charge < -0.3 is 24.6 Å². The lowest BCUT2D eigenvalue weighted by Crippen LogP contribution is -2.49. The van der Waals surface area contributed by atoms with E-state index in [1.165, 1.54) is 11.3 Å². The highest BCUT2D eigenvalue weighted by Crippen LogP contribution is 2.08. The van der Waals surface area contributed by atoms with Crippen molar-refractivity contribution in [2.75, 3.05) is 19.7 Å². The number of rotatable bonds is 4. The fraction of sp³-hybridized carbons (Fsp3) is 0.600. The number of aliphatic carboxylic acids is 1. The van der Waals surface area contributed by atoms with Crippen molar-refractivity contribution in [1.82, 2.24) is 20.4 Å². The largest absolute Gasteiger partial charge is 0.481 e. The Hall–Kier alpha value is -2.16. The van der Waals surface area contributed by atoms with Gasteiger partial charge in [0, 0.05) is 13.1 Å². The zero-order valence-electron chi connectivity index (χ0n) is 10.1. The van der Waals surface area contributed by atoms with Crippen molar-refractivity contribution in [2.45, 2.75) is 19.1 Å². The second kappa shape index (κ2) is 6.14. The van der Waals surface area contributed by atoms with Crippen LogP contribution in [0.3, 0.4) is 0 Å².